The third kappa shape index (κ3) is 4.60. The highest BCUT2D eigenvalue weighted by molar-refractivity contribution is 7.90. The molecule has 5 heterocycles. The number of carbonyl (C=O) groups is 1. The number of halogens is 3. The maximum absolute atomic E-state index is 13.5. The number of pyridine rings is 2. The molecule has 0 saturated heterocycles. The molecule has 226 valence electrons. The zero-order valence-electron chi connectivity index (χ0n) is 23.3. The second kappa shape index (κ2) is 9.18. The van der Waals surface area contributed by atoms with Gasteiger partial charge < -0.3 is 15.0 Å². The van der Waals surface area contributed by atoms with Gasteiger partial charge >= 0.3 is 6.18 Å². The Morgan fingerprint density at radius 1 is 1.12 bits per heavy atom. The molecule has 1 unspecified atom stereocenters. The van der Waals surface area contributed by atoms with E-state index in [0.717, 1.165) is 12.0 Å². The van der Waals surface area contributed by atoms with Crippen LogP contribution in [0, 0.1) is 5.41 Å². The number of nitrogens with one attached hydrogen (secondary N) is 2. The number of aromatic nitrogens is 4. The molecule has 7 rings (SSSR count). The Kier molecular flexibility index (Phi) is 5.91. The Hall–Kier alpha value is -4.14. The first-order chi connectivity index (χ1) is 20.3. The Morgan fingerprint density at radius 2 is 1.91 bits per heavy atom. The lowest BCUT2D eigenvalue weighted by atomic mass is 9.92. The lowest BCUT2D eigenvalue weighted by Crippen LogP contribution is -2.47. The van der Waals surface area contributed by atoms with Gasteiger partial charge in [-0.05, 0) is 74.9 Å². The smallest absolute Gasteiger partial charge is 0.394 e. The van der Waals surface area contributed by atoms with E-state index in [1.807, 2.05) is 18.7 Å². The second-order valence-corrected chi connectivity index (χ2v) is 13.4. The maximum Gasteiger partial charge on any atom is 0.394 e. The first kappa shape index (κ1) is 27.7. The van der Waals surface area contributed by atoms with E-state index >= 15 is 0 Å². The molecule has 11 nitrogen and oxygen atoms in total. The van der Waals surface area contributed by atoms with E-state index in [-0.39, 0.29) is 54.2 Å². The van der Waals surface area contributed by atoms with E-state index in [9.17, 15) is 26.4 Å². The van der Waals surface area contributed by atoms with Crippen molar-refractivity contribution in [2.24, 2.45) is 5.41 Å². The zero-order chi connectivity index (χ0) is 30.4. The molecular formula is C28H28F3N7O4S. The average molecular weight is 616 g/mol. The minimum Gasteiger partial charge on any atom is -0.477 e. The molecule has 2 aliphatic carbocycles. The summed E-state index contributed by atoms with van der Waals surface area (Å²) in [6, 6.07) is 9.06. The number of hydrogen-bond donors (Lipinski definition) is 2. The molecule has 1 amide bonds. The molecule has 2 aliphatic heterocycles. The summed E-state index contributed by atoms with van der Waals surface area (Å²) in [6.07, 6.45) is -1.85. The number of fused-ring (bicyclic) bond motifs is 8. The van der Waals surface area contributed by atoms with Crippen LogP contribution in [0.5, 0.6) is 5.88 Å². The highest BCUT2D eigenvalue weighted by Gasteiger charge is 2.62. The fraction of sp³-hybridized carbons (Fsp3) is 0.429. The largest absolute Gasteiger partial charge is 0.477 e. The maximum atomic E-state index is 13.5. The average Bonchev–Trinajstić information content (AvgIpc) is 3.83. The summed E-state index contributed by atoms with van der Waals surface area (Å²) >= 11 is 0. The molecule has 3 aromatic heterocycles. The van der Waals surface area contributed by atoms with Crippen LogP contribution in [0.1, 0.15) is 49.9 Å². The first-order valence-corrected chi connectivity index (χ1v) is 15.3. The quantitative estimate of drug-likeness (QED) is 0.409. The van der Waals surface area contributed by atoms with Gasteiger partial charge in [0.05, 0.1) is 29.2 Å². The number of hydrogen-bond acceptors (Lipinski definition) is 9. The molecule has 1 atom stereocenters. The van der Waals surface area contributed by atoms with E-state index in [4.69, 9.17) is 9.72 Å². The predicted octanol–water partition coefficient (Wildman–Crippen LogP) is 3.99. The molecular weight excluding hydrogens is 587 g/mol. The number of nitrogens with zero attached hydrogens (tertiary/aromatic N) is 5. The Morgan fingerprint density at radius 3 is 2.65 bits per heavy atom. The second-order valence-electron chi connectivity index (χ2n) is 11.8. The Labute approximate surface area is 245 Å². The Balaban J connectivity index is 1.22. The molecule has 0 radical (unpaired) electrons. The molecule has 4 aliphatic rings. The molecule has 15 heteroatoms. The number of carbonyl (C=O) groups excluding carboxylic acids is 1. The summed E-state index contributed by atoms with van der Waals surface area (Å²) in [5.74, 6) is 0.253. The summed E-state index contributed by atoms with van der Waals surface area (Å²) in [7, 11) is -4.29. The Bertz CT molecular complexity index is 1800. The van der Waals surface area contributed by atoms with Gasteiger partial charge in [0.15, 0.2) is 10.8 Å². The fourth-order valence-corrected chi connectivity index (χ4v) is 7.01. The number of sulfonamides is 1. The predicted molar refractivity (Wildman–Crippen MR) is 149 cm³/mol. The monoisotopic (exact) mass is 615 g/mol. The minimum atomic E-state index is -4.29. The van der Waals surface area contributed by atoms with Gasteiger partial charge in [-0.2, -0.15) is 21.6 Å². The van der Waals surface area contributed by atoms with E-state index in [2.05, 4.69) is 20.1 Å². The van der Waals surface area contributed by atoms with Crippen LogP contribution in [0.25, 0.3) is 5.82 Å². The van der Waals surface area contributed by atoms with Gasteiger partial charge in [-0.3, -0.25) is 4.79 Å². The van der Waals surface area contributed by atoms with E-state index in [1.54, 1.807) is 18.3 Å². The van der Waals surface area contributed by atoms with E-state index in [0.29, 0.717) is 18.2 Å². The minimum absolute atomic E-state index is 0.0140. The number of rotatable bonds is 5. The van der Waals surface area contributed by atoms with Gasteiger partial charge in [-0.25, -0.2) is 19.4 Å². The van der Waals surface area contributed by atoms with E-state index < -0.39 is 33.1 Å². The topological polar surface area (TPSA) is 131 Å². The molecule has 0 aromatic carbocycles. The SMILES string of the molecule is CC1(C)C2=C3CC3N1c1nc(-n3ccc(OCCC4(C(F)(F)F)CC4)n3)ccc1C(=O)NS(=O)(=O)c1cccc(n1)NC2. The molecule has 2 fully saturated rings. The lowest BCUT2D eigenvalue weighted by molar-refractivity contribution is -0.190. The zero-order valence-corrected chi connectivity index (χ0v) is 24.1. The third-order valence-electron chi connectivity index (χ3n) is 8.79. The molecule has 0 spiro atoms. The van der Waals surface area contributed by atoms with Crippen molar-refractivity contribution < 1.29 is 31.1 Å². The van der Waals surface area contributed by atoms with Crippen LogP contribution >= 0.6 is 0 Å². The molecule has 4 bridgehead atoms. The van der Waals surface area contributed by atoms with Crippen LogP contribution < -0.4 is 19.7 Å². The van der Waals surface area contributed by atoms with Crippen molar-refractivity contribution in [1.82, 2.24) is 24.5 Å². The van der Waals surface area contributed by atoms with Crippen molar-refractivity contribution in [3.63, 3.8) is 0 Å². The lowest BCUT2D eigenvalue weighted by Gasteiger charge is -2.39. The molecule has 2 N–H and O–H groups in total. The van der Waals surface area contributed by atoms with Crippen molar-refractivity contribution in [2.45, 2.75) is 62.3 Å². The van der Waals surface area contributed by atoms with Gasteiger partial charge in [-0.15, -0.1) is 5.10 Å². The van der Waals surface area contributed by atoms with Gasteiger partial charge in [-0.1, -0.05) is 6.07 Å². The summed E-state index contributed by atoms with van der Waals surface area (Å²) in [5.41, 5.74) is 0.139. The van der Waals surface area contributed by atoms with Crippen LogP contribution in [-0.4, -0.2) is 65.0 Å². The van der Waals surface area contributed by atoms with E-state index in [1.165, 1.54) is 34.5 Å². The summed E-state index contributed by atoms with van der Waals surface area (Å²) in [5, 5.41) is 7.27. The standard InChI is InChI=1S/C28H28F3N7O4S/c1-26(2)18-15-32-20-4-3-5-23(33-20)43(40,41)36-25(39)16-6-7-21(34-24(16)38(26)19-14-17(18)19)37-12-8-22(35-37)42-13-11-27(9-10-27)28(29,30)31/h3-8,12,19H,9-11,13-15H2,1-2H3,(H,32,33)(H,36,39). The van der Waals surface area contributed by atoms with Crippen molar-refractivity contribution in [2.75, 3.05) is 23.4 Å². The van der Waals surface area contributed by atoms with Crippen molar-refractivity contribution in [3.05, 3.63) is 59.3 Å². The number of anilines is 2. The van der Waals surface area contributed by atoms with Crippen LogP contribution in [0.4, 0.5) is 24.8 Å². The summed E-state index contributed by atoms with van der Waals surface area (Å²) in [6.45, 7) is 4.34. The molecule has 2 saturated carbocycles. The fourth-order valence-electron chi connectivity index (χ4n) is 6.08. The van der Waals surface area contributed by atoms with Crippen LogP contribution in [-0.2, 0) is 10.0 Å². The van der Waals surface area contributed by atoms with Gasteiger partial charge in [0, 0.05) is 18.8 Å². The first-order valence-electron chi connectivity index (χ1n) is 13.9. The molecule has 43 heavy (non-hydrogen) atoms. The van der Waals surface area contributed by atoms with Crippen LogP contribution in [0.2, 0.25) is 0 Å². The highest BCUT2D eigenvalue weighted by atomic mass is 32.2. The third-order valence-corrected chi connectivity index (χ3v) is 10.0. The highest BCUT2D eigenvalue weighted by Crippen LogP contribution is 2.60. The van der Waals surface area contributed by atoms with Gasteiger partial charge in [0.25, 0.3) is 15.9 Å². The summed E-state index contributed by atoms with van der Waals surface area (Å²) in [4.78, 5) is 24.5. The normalized spacial score (nSPS) is 22.7. The van der Waals surface area contributed by atoms with Crippen molar-refractivity contribution in [3.8, 4) is 11.7 Å². The van der Waals surface area contributed by atoms with Crippen LogP contribution in [0.15, 0.2) is 58.8 Å². The van der Waals surface area contributed by atoms with Crippen molar-refractivity contribution >= 4 is 27.6 Å². The number of ether oxygens (including phenoxy) is 1. The van der Waals surface area contributed by atoms with Gasteiger partial charge in [0.2, 0.25) is 5.88 Å². The van der Waals surface area contributed by atoms with Crippen LogP contribution in [0.3, 0.4) is 0 Å². The van der Waals surface area contributed by atoms with Crippen molar-refractivity contribution in [1.29, 1.82) is 0 Å². The number of amides is 1. The summed E-state index contributed by atoms with van der Waals surface area (Å²) < 4.78 is 75.0. The number of alkyl halides is 3. The molecule has 3 aromatic rings. The van der Waals surface area contributed by atoms with Gasteiger partial charge in [0.1, 0.15) is 11.6 Å².